The smallest absolute Gasteiger partial charge is 0.242 e. The van der Waals surface area contributed by atoms with E-state index in [2.05, 4.69) is 21.0 Å². The number of hydrazine groups is 1. The first kappa shape index (κ1) is 12.3. The van der Waals surface area contributed by atoms with Gasteiger partial charge >= 0.3 is 0 Å². The molecule has 1 aromatic rings. The minimum atomic E-state index is -0.298. The first-order chi connectivity index (χ1) is 7.67. The summed E-state index contributed by atoms with van der Waals surface area (Å²) in [7, 11) is 0. The summed E-state index contributed by atoms with van der Waals surface area (Å²) >= 11 is 0. The Morgan fingerprint density at radius 3 is 3.00 bits per heavy atom. The lowest BCUT2D eigenvalue weighted by molar-refractivity contribution is -0.121. The number of aromatic nitrogens is 1. The number of carbonyl (C=O) groups excluding carboxylic acids is 1. The maximum absolute atomic E-state index is 11.5. The van der Waals surface area contributed by atoms with E-state index in [9.17, 15) is 4.79 Å². The number of nitrogen functional groups attached to an aromatic ring is 1. The highest BCUT2D eigenvalue weighted by Gasteiger charge is 2.11. The Bertz CT molecular complexity index is 355. The summed E-state index contributed by atoms with van der Waals surface area (Å²) < 4.78 is 0. The zero-order valence-electron chi connectivity index (χ0n) is 9.45. The van der Waals surface area contributed by atoms with Gasteiger partial charge in [-0.1, -0.05) is 0 Å². The van der Waals surface area contributed by atoms with E-state index in [4.69, 9.17) is 5.84 Å². The molecule has 0 saturated heterocycles. The van der Waals surface area contributed by atoms with Crippen molar-refractivity contribution >= 4 is 17.4 Å². The standard InChI is InChI=1S/C10H17N5O/c1-3-12-10(16)7(2)14-8-4-5-13-9(6-8)15-11/h4-7H,3,11H2,1-2H3,(H,12,16)(H2,13,14,15). The summed E-state index contributed by atoms with van der Waals surface area (Å²) in [5.41, 5.74) is 3.24. The molecule has 88 valence electrons. The van der Waals surface area contributed by atoms with Crippen LogP contribution in [-0.4, -0.2) is 23.5 Å². The molecule has 0 aliphatic carbocycles. The highest BCUT2D eigenvalue weighted by Crippen LogP contribution is 2.11. The Balaban J connectivity index is 2.61. The molecule has 0 radical (unpaired) electrons. The number of likely N-dealkylation sites (N-methyl/N-ethyl adjacent to an activating group) is 1. The van der Waals surface area contributed by atoms with Gasteiger partial charge in [0.25, 0.3) is 0 Å². The fraction of sp³-hybridized carbons (Fsp3) is 0.400. The lowest BCUT2D eigenvalue weighted by Crippen LogP contribution is -2.37. The van der Waals surface area contributed by atoms with E-state index in [1.54, 1.807) is 25.3 Å². The topological polar surface area (TPSA) is 92.1 Å². The second kappa shape index (κ2) is 5.92. The van der Waals surface area contributed by atoms with Gasteiger partial charge in [-0.25, -0.2) is 10.8 Å². The first-order valence-corrected chi connectivity index (χ1v) is 5.14. The van der Waals surface area contributed by atoms with Crippen LogP contribution in [0.3, 0.4) is 0 Å². The van der Waals surface area contributed by atoms with Crippen molar-refractivity contribution in [2.45, 2.75) is 19.9 Å². The van der Waals surface area contributed by atoms with Crippen molar-refractivity contribution in [2.75, 3.05) is 17.3 Å². The molecule has 1 aromatic heterocycles. The molecular weight excluding hydrogens is 206 g/mol. The average molecular weight is 223 g/mol. The number of pyridine rings is 1. The van der Waals surface area contributed by atoms with Gasteiger partial charge < -0.3 is 16.1 Å². The Labute approximate surface area is 94.6 Å². The number of anilines is 2. The molecule has 0 aliphatic heterocycles. The lowest BCUT2D eigenvalue weighted by Gasteiger charge is -2.14. The second-order valence-electron chi connectivity index (χ2n) is 3.33. The van der Waals surface area contributed by atoms with Crippen molar-refractivity contribution in [3.8, 4) is 0 Å². The second-order valence-corrected chi connectivity index (χ2v) is 3.33. The minimum Gasteiger partial charge on any atom is -0.374 e. The number of rotatable bonds is 5. The van der Waals surface area contributed by atoms with Crippen LogP contribution in [-0.2, 0) is 4.79 Å². The predicted molar refractivity (Wildman–Crippen MR) is 63.8 cm³/mol. The molecule has 0 fully saturated rings. The van der Waals surface area contributed by atoms with E-state index in [0.717, 1.165) is 5.69 Å². The highest BCUT2D eigenvalue weighted by atomic mass is 16.2. The molecule has 0 bridgehead atoms. The molecule has 1 atom stereocenters. The van der Waals surface area contributed by atoms with E-state index in [-0.39, 0.29) is 11.9 Å². The van der Waals surface area contributed by atoms with Crippen LogP contribution in [0.15, 0.2) is 18.3 Å². The molecular formula is C10H17N5O. The van der Waals surface area contributed by atoms with Crippen LogP contribution in [0.4, 0.5) is 11.5 Å². The number of carbonyl (C=O) groups is 1. The van der Waals surface area contributed by atoms with E-state index in [0.29, 0.717) is 12.4 Å². The van der Waals surface area contributed by atoms with Crippen LogP contribution in [0.2, 0.25) is 0 Å². The quantitative estimate of drug-likeness (QED) is 0.426. The number of hydrogen-bond donors (Lipinski definition) is 4. The zero-order valence-corrected chi connectivity index (χ0v) is 9.45. The Hall–Kier alpha value is -1.82. The van der Waals surface area contributed by atoms with Crippen molar-refractivity contribution < 1.29 is 4.79 Å². The summed E-state index contributed by atoms with van der Waals surface area (Å²) in [6.45, 7) is 4.30. The van der Waals surface area contributed by atoms with Crippen molar-refractivity contribution in [3.05, 3.63) is 18.3 Å². The molecule has 0 saturated carbocycles. The molecule has 1 unspecified atom stereocenters. The third-order valence-electron chi connectivity index (χ3n) is 2.04. The van der Waals surface area contributed by atoms with Crippen LogP contribution >= 0.6 is 0 Å². The number of amides is 1. The summed E-state index contributed by atoms with van der Waals surface area (Å²) in [4.78, 5) is 15.4. The van der Waals surface area contributed by atoms with Crippen LogP contribution in [0.1, 0.15) is 13.8 Å². The molecule has 0 spiro atoms. The molecule has 0 aromatic carbocycles. The van der Waals surface area contributed by atoms with Crippen molar-refractivity contribution in [1.29, 1.82) is 0 Å². The molecule has 16 heavy (non-hydrogen) atoms. The van der Waals surface area contributed by atoms with Gasteiger partial charge in [0, 0.05) is 24.5 Å². The maximum atomic E-state index is 11.5. The van der Waals surface area contributed by atoms with Crippen molar-refractivity contribution in [1.82, 2.24) is 10.3 Å². The largest absolute Gasteiger partial charge is 0.374 e. The maximum Gasteiger partial charge on any atom is 0.242 e. The summed E-state index contributed by atoms with van der Waals surface area (Å²) in [6.07, 6.45) is 1.61. The van der Waals surface area contributed by atoms with Gasteiger partial charge in [-0.2, -0.15) is 0 Å². The van der Waals surface area contributed by atoms with Crippen molar-refractivity contribution in [2.24, 2.45) is 5.84 Å². The van der Waals surface area contributed by atoms with E-state index in [1.807, 2.05) is 6.92 Å². The van der Waals surface area contributed by atoms with Crippen LogP contribution in [0.25, 0.3) is 0 Å². The van der Waals surface area contributed by atoms with E-state index < -0.39 is 0 Å². The molecule has 0 aliphatic rings. The number of nitrogens with zero attached hydrogens (tertiary/aromatic N) is 1. The zero-order chi connectivity index (χ0) is 12.0. The van der Waals surface area contributed by atoms with Gasteiger partial charge in [-0.15, -0.1) is 0 Å². The third kappa shape index (κ3) is 3.39. The molecule has 6 heteroatoms. The summed E-state index contributed by atoms with van der Waals surface area (Å²) in [5.74, 6) is 5.75. The minimum absolute atomic E-state index is 0.0402. The Morgan fingerprint density at radius 2 is 2.38 bits per heavy atom. The van der Waals surface area contributed by atoms with Gasteiger partial charge in [-0.05, 0) is 19.9 Å². The van der Waals surface area contributed by atoms with E-state index in [1.165, 1.54) is 0 Å². The lowest BCUT2D eigenvalue weighted by atomic mass is 10.3. The van der Waals surface area contributed by atoms with Gasteiger partial charge in [0.2, 0.25) is 5.91 Å². The molecule has 5 N–H and O–H groups in total. The fourth-order valence-electron chi connectivity index (χ4n) is 1.24. The Morgan fingerprint density at radius 1 is 1.62 bits per heavy atom. The highest BCUT2D eigenvalue weighted by molar-refractivity contribution is 5.84. The molecule has 1 heterocycles. The number of nitrogens with two attached hydrogens (primary N) is 1. The fourth-order valence-corrected chi connectivity index (χ4v) is 1.24. The Kier molecular flexibility index (Phi) is 4.53. The van der Waals surface area contributed by atoms with Crippen LogP contribution in [0, 0.1) is 0 Å². The van der Waals surface area contributed by atoms with Gasteiger partial charge in [0.1, 0.15) is 11.9 Å². The van der Waals surface area contributed by atoms with Crippen molar-refractivity contribution in [3.63, 3.8) is 0 Å². The van der Waals surface area contributed by atoms with Gasteiger partial charge in [0.15, 0.2) is 0 Å². The van der Waals surface area contributed by atoms with E-state index >= 15 is 0 Å². The monoisotopic (exact) mass is 223 g/mol. The third-order valence-corrected chi connectivity index (χ3v) is 2.04. The normalized spacial score (nSPS) is 11.7. The SMILES string of the molecule is CCNC(=O)C(C)Nc1ccnc(NN)c1. The number of hydrogen-bond acceptors (Lipinski definition) is 5. The molecule has 1 rings (SSSR count). The predicted octanol–water partition coefficient (Wildman–Crippen LogP) is 0.304. The molecule has 1 amide bonds. The summed E-state index contributed by atoms with van der Waals surface area (Å²) in [6, 6.07) is 3.21. The first-order valence-electron chi connectivity index (χ1n) is 5.14. The van der Waals surface area contributed by atoms with Gasteiger partial charge in [0.05, 0.1) is 0 Å². The molecule has 6 nitrogen and oxygen atoms in total. The number of nitrogens with one attached hydrogen (secondary N) is 3. The average Bonchev–Trinajstić information content (AvgIpc) is 2.29. The van der Waals surface area contributed by atoms with Crippen LogP contribution in [0.5, 0.6) is 0 Å². The summed E-state index contributed by atoms with van der Waals surface area (Å²) in [5, 5.41) is 5.79. The van der Waals surface area contributed by atoms with Gasteiger partial charge in [-0.3, -0.25) is 4.79 Å². The van der Waals surface area contributed by atoms with Crippen LogP contribution < -0.4 is 21.9 Å².